The van der Waals surface area contributed by atoms with Crippen LogP contribution in [-0.4, -0.2) is 29.7 Å². The molecule has 0 atom stereocenters. The normalized spacial score (nSPS) is 10.5. The van der Waals surface area contributed by atoms with Crippen molar-refractivity contribution >= 4 is 22.6 Å². The third-order valence-electron chi connectivity index (χ3n) is 2.69. The molecular weight excluding hydrogens is 222 g/mol. The highest BCUT2D eigenvalue weighted by Crippen LogP contribution is 2.33. The number of aryl methyl sites for hydroxylation is 1. The van der Waals surface area contributed by atoms with Crippen molar-refractivity contribution in [1.29, 1.82) is 0 Å². The van der Waals surface area contributed by atoms with Gasteiger partial charge < -0.3 is 19.8 Å². The third kappa shape index (κ3) is 1.49. The van der Waals surface area contributed by atoms with Gasteiger partial charge in [0.15, 0.2) is 5.69 Å². The highest BCUT2D eigenvalue weighted by atomic mass is 16.5. The van der Waals surface area contributed by atoms with Gasteiger partial charge in [0, 0.05) is 13.2 Å². The molecule has 0 spiro atoms. The lowest BCUT2D eigenvalue weighted by atomic mass is 10.2. The van der Waals surface area contributed by atoms with Gasteiger partial charge in [-0.2, -0.15) is 0 Å². The Bertz CT molecular complexity index is 589. The molecule has 2 aromatic rings. The van der Waals surface area contributed by atoms with Crippen LogP contribution in [0.2, 0.25) is 0 Å². The lowest BCUT2D eigenvalue weighted by molar-refractivity contribution is 0.0592. The van der Waals surface area contributed by atoms with Gasteiger partial charge in [-0.15, -0.1) is 0 Å². The fourth-order valence-electron chi connectivity index (χ4n) is 1.88. The smallest absolute Gasteiger partial charge is 0.356 e. The predicted molar refractivity (Wildman–Crippen MR) is 63.0 cm³/mol. The van der Waals surface area contributed by atoms with E-state index in [2.05, 4.69) is 4.98 Å². The monoisotopic (exact) mass is 235 g/mol. The summed E-state index contributed by atoms with van der Waals surface area (Å²) in [7, 11) is 4.56. The summed E-state index contributed by atoms with van der Waals surface area (Å²) >= 11 is 0. The van der Waals surface area contributed by atoms with E-state index < -0.39 is 5.97 Å². The van der Waals surface area contributed by atoms with Crippen LogP contribution in [0.1, 0.15) is 10.5 Å². The number of nitrogens with two attached hydrogens (primary N) is 1. The van der Waals surface area contributed by atoms with Crippen molar-refractivity contribution in [1.82, 2.24) is 9.55 Å². The molecule has 0 unspecified atom stereocenters. The number of carbonyl (C=O) groups excluding carboxylic acids is 1. The second-order valence-corrected chi connectivity index (χ2v) is 3.53. The second-order valence-electron chi connectivity index (χ2n) is 3.53. The summed E-state index contributed by atoms with van der Waals surface area (Å²) in [4.78, 5) is 15.7. The number of esters is 1. The molecule has 2 N–H and O–H groups in total. The molecule has 2 aromatic heterocycles. The van der Waals surface area contributed by atoms with E-state index in [4.69, 9.17) is 15.2 Å². The predicted octanol–water partition coefficient (Wildman–Crippen LogP) is 0.951. The van der Waals surface area contributed by atoms with Gasteiger partial charge in [-0.25, -0.2) is 9.78 Å². The van der Waals surface area contributed by atoms with Crippen LogP contribution in [0.4, 0.5) is 5.69 Å². The molecule has 6 nitrogen and oxygen atoms in total. The molecule has 90 valence electrons. The molecule has 0 aliphatic heterocycles. The molecule has 6 heteroatoms. The first-order chi connectivity index (χ1) is 8.11. The number of nitrogens with zero attached hydrogens (tertiary/aromatic N) is 2. The number of nitrogen functional groups attached to an aromatic ring is 1. The Morgan fingerprint density at radius 1 is 1.47 bits per heavy atom. The minimum atomic E-state index is -0.483. The SMILES string of the molecule is COC(=O)c1c(N)c2c(OC)nccc2n1C. The third-order valence-corrected chi connectivity index (χ3v) is 2.69. The molecule has 0 amide bonds. The van der Waals surface area contributed by atoms with Gasteiger partial charge in [-0.05, 0) is 6.07 Å². The average Bonchev–Trinajstić information content (AvgIpc) is 2.61. The Morgan fingerprint density at radius 2 is 2.18 bits per heavy atom. The van der Waals surface area contributed by atoms with Gasteiger partial charge in [0.1, 0.15) is 0 Å². The van der Waals surface area contributed by atoms with E-state index in [1.807, 2.05) is 0 Å². The van der Waals surface area contributed by atoms with Crippen molar-refractivity contribution in [2.45, 2.75) is 0 Å². The largest absolute Gasteiger partial charge is 0.480 e. The van der Waals surface area contributed by atoms with Crippen molar-refractivity contribution in [3.63, 3.8) is 0 Å². The number of methoxy groups -OCH3 is 2. The number of hydrogen-bond donors (Lipinski definition) is 1. The summed E-state index contributed by atoms with van der Waals surface area (Å²) in [6.07, 6.45) is 1.60. The number of anilines is 1. The standard InChI is InChI=1S/C11H13N3O3/c1-14-6-4-5-13-10(16-2)7(6)8(12)9(14)11(15)17-3/h4-5H,12H2,1-3H3. The summed E-state index contributed by atoms with van der Waals surface area (Å²) in [6, 6.07) is 1.76. The van der Waals surface area contributed by atoms with Crippen LogP contribution in [0.25, 0.3) is 10.9 Å². The van der Waals surface area contributed by atoms with Crippen LogP contribution < -0.4 is 10.5 Å². The van der Waals surface area contributed by atoms with Crippen molar-refractivity contribution in [2.75, 3.05) is 20.0 Å². The molecule has 2 heterocycles. The van der Waals surface area contributed by atoms with E-state index in [-0.39, 0.29) is 0 Å². The maximum atomic E-state index is 11.6. The molecular formula is C11H13N3O3. The first-order valence-corrected chi connectivity index (χ1v) is 4.97. The molecule has 17 heavy (non-hydrogen) atoms. The van der Waals surface area contributed by atoms with Crippen LogP contribution in [0.15, 0.2) is 12.3 Å². The van der Waals surface area contributed by atoms with Crippen molar-refractivity contribution < 1.29 is 14.3 Å². The number of pyridine rings is 1. The lowest BCUT2D eigenvalue weighted by Gasteiger charge is -2.02. The Kier molecular flexibility index (Phi) is 2.63. The molecule has 0 aliphatic rings. The number of ether oxygens (including phenoxy) is 2. The maximum absolute atomic E-state index is 11.6. The number of carbonyl (C=O) groups is 1. The molecule has 2 rings (SSSR count). The van der Waals surface area contributed by atoms with E-state index in [0.29, 0.717) is 22.6 Å². The number of hydrogen-bond acceptors (Lipinski definition) is 5. The number of aromatic nitrogens is 2. The second kappa shape index (κ2) is 3.97. The molecule has 0 aliphatic carbocycles. The van der Waals surface area contributed by atoms with Crippen molar-refractivity contribution in [3.8, 4) is 5.88 Å². The van der Waals surface area contributed by atoms with E-state index in [9.17, 15) is 4.79 Å². The Labute approximate surface area is 97.9 Å². The van der Waals surface area contributed by atoms with Gasteiger partial charge in [-0.1, -0.05) is 0 Å². The topological polar surface area (TPSA) is 79.4 Å². The van der Waals surface area contributed by atoms with Gasteiger partial charge in [0.05, 0.1) is 30.8 Å². The zero-order valence-electron chi connectivity index (χ0n) is 9.85. The van der Waals surface area contributed by atoms with Crippen LogP contribution in [-0.2, 0) is 11.8 Å². The molecule has 0 bridgehead atoms. The molecule has 0 radical (unpaired) electrons. The minimum absolute atomic E-state index is 0.300. The summed E-state index contributed by atoms with van der Waals surface area (Å²) < 4.78 is 11.5. The highest BCUT2D eigenvalue weighted by molar-refractivity contribution is 6.07. The van der Waals surface area contributed by atoms with E-state index in [0.717, 1.165) is 5.52 Å². The molecule has 0 aromatic carbocycles. The average molecular weight is 235 g/mol. The van der Waals surface area contributed by atoms with Gasteiger partial charge in [0.25, 0.3) is 0 Å². The van der Waals surface area contributed by atoms with Gasteiger partial charge >= 0.3 is 5.97 Å². The fourth-order valence-corrected chi connectivity index (χ4v) is 1.88. The van der Waals surface area contributed by atoms with Crippen LogP contribution >= 0.6 is 0 Å². The summed E-state index contributed by atoms with van der Waals surface area (Å²) in [5, 5.41) is 0.623. The Balaban J connectivity index is 2.85. The lowest BCUT2D eigenvalue weighted by Crippen LogP contribution is -2.09. The Hall–Kier alpha value is -2.24. The zero-order valence-corrected chi connectivity index (χ0v) is 9.85. The van der Waals surface area contributed by atoms with E-state index >= 15 is 0 Å². The minimum Gasteiger partial charge on any atom is -0.480 e. The summed E-state index contributed by atoms with van der Waals surface area (Å²) in [5.41, 5.74) is 7.34. The van der Waals surface area contributed by atoms with Gasteiger partial charge in [-0.3, -0.25) is 0 Å². The quantitative estimate of drug-likeness (QED) is 0.784. The maximum Gasteiger partial charge on any atom is 0.356 e. The molecule has 0 saturated heterocycles. The van der Waals surface area contributed by atoms with Crippen LogP contribution in [0.3, 0.4) is 0 Å². The fraction of sp³-hybridized carbons (Fsp3) is 0.273. The summed E-state index contributed by atoms with van der Waals surface area (Å²) in [5.74, 6) is -0.0889. The van der Waals surface area contributed by atoms with Crippen LogP contribution in [0, 0.1) is 0 Å². The van der Waals surface area contributed by atoms with E-state index in [1.54, 1.807) is 23.9 Å². The molecule has 0 fully saturated rings. The van der Waals surface area contributed by atoms with Crippen LogP contribution in [0.5, 0.6) is 5.88 Å². The van der Waals surface area contributed by atoms with Gasteiger partial charge in [0.2, 0.25) is 5.88 Å². The highest BCUT2D eigenvalue weighted by Gasteiger charge is 2.22. The van der Waals surface area contributed by atoms with Crippen molar-refractivity contribution in [3.05, 3.63) is 18.0 Å². The van der Waals surface area contributed by atoms with Crippen molar-refractivity contribution in [2.24, 2.45) is 7.05 Å². The first kappa shape index (κ1) is 11.3. The summed E-state index contributed by atoms with van der Waals surface area (Å²) in [6.45, 7) is 0. The molecule has 0 saturated carbocycles. The zero-order chi connectivity index (χ0) is 12.6. The number of fused-ring (bicyclic) bond motifs is 1. The van der Waals surface area contributed by atoms with E-state index in [1.165, 1.54) is 14.2 Å². The first-order valence-electron chi connectivity index (χ1n) is 4.97. The number of rotatable bonds is 2. The Morgan fingerprint density at radius 3 is 2.76 bits per heavy atom.